The number of fused-ring (bicyclic) bond motifs is 1. The molecule has 1 fully saturated rings. The van der Waals surface area contributed by atoms with E-state index in [2.05, 4.69) is 68.6 Å². The van der Waals surface area contributed by atoms with Gasteiger partial charge in [-0.2, -0.15) is 0 Å². The molecule has 1 aliphatic carbocycles. The second-order valence-corrected chi connectivity index (χ2v) is 9.59. The van der Waals surface area contributed by atoms with E-state index in [4.69, 9.17) is 14.2 Å². The van der Waals surface area contributed by atoms with E-state index in [-0.39, 0.29) is 6.10 Å². The molecule has 4 rings (SSSR count). The minimum atomic E-state index is 0.148. The minimum Gasteiger partial charge on any atom is -0.490 e. The van der Waals surface area contributed by atoms with Crippen LogP contribution in [-0.4, -0.2) is 31.4 Å². The summed E-state index contributed by atoms with van der Waals surface area (Å²) >= 11 is 0. The lowest BCUT2D eigenvalue weighted by molar-refractivity contribution is 0.0758. The molecule has 0 bridgehead atoms. The van der Waals surface area contributed by atoms with Crippen molar-refractivity contribution in [3.8, 4) is 11.5 Å². The maximum atomic E-state index is 6.37. The van der Waals surface area contributed by atoms with Crippen molar-refractivity contribution in [2.45, 2.75) is 90.1 Å². The first kappa shape index (κ1) is 23.1. The Bertz CT molecular complexity index is 858. The molecule has 0 saturated heterocycles. The molecule has 4 heteroatoms. The predicted octanol–water partition coefficient (Wildman–Crippen LogP) is 6.16. The minimum absolute atomic E-state index is 0.148. The van der Waals surface area contributed by atoms with E-state index in [0.717, 1.165) is 56.8 Å². The van der Waals surface area contributed by atoms with E-state index < -0.39 is 0 Å². The van der Waals surface area contributed by atoms with Crippen LogP contribution >= 0.6 is 0 Å². The third-order valence-electron chi connectivity index (χ3n) is 6.69. The van der Waals surface area contributed by atoms with Gasteiger partial charge in [-0.1, -0.05) is 24.3 Å². The molecule has 2 aliphatic rings. The van der Waals surface area contributed by atoms with Crippen LogP contribution in [0.1, 0.15) is 75.2 Å². The third kappa shape index (κ3) is 6.26. The molecule has 0 amide bonds. The van der Waals surface area contributed by atoms with E-state index in [0.29, 0.717) is 18.2 Å². The van der Waals surface area contributed by atoms with Crippen molar-refractivity contribution < 1.29 is 14.2 Å². The van der Waals surface area contributed by atoms with Gasteiger partial charge in [0.2, 0.25) is 0 Å². The van der Waals surface area contributed by atoms with Gasteiger partial charge in [0.1, 0.15) is 17.6 Å². The Hall–Kier alpha value is -2.04. The van der Waals surface area contributed by atoms with Crippen LogP contribution in [0.2, 0.25) is 0 Å². The summed E-state index contributed by atoms with van der Waals surface area (Å²) in [6.07, 6.45) is 8.51. The molecule has 32 heavy (non-hydrogen) atoms. The van der Waals surface area contributed by atoms with Crippen molar-refractivity contribution in [2.24, 2.45) is 0 Å². The smallest absolute Gasteiger partial charge is 0.124 e. The Balaban J connectivity index is 1.23. The molecular formula is C28H39NO3. The number of nitrogens with one attached hydrogen (secondary N) is 1. The number of aryl methyl sites for hydroxylation is 2. The highest BCUT2D eigenvalue weighted by Gasteiger charge is 2.25. The topological polar surface area (TPSA) is 39.7 Å². The lowest BCUT2D eigenvalue weighted by atomic mass is 9.92. The number of hydrogen-bond donors (Lipinski definition) is 1. The largest absolute Gasteiger partial charge is 0.490 e. The maximum absolute atomic E-state index is 6.37. The van der Waals surface area contributed by atoms with E-state index in [1.54, 1.807) is 0 Å². The summed E-state index contributed by atoms with van der Waals surface area (Å²) in [5.41, 5.74) is 3.87. The maximum Gasteiger partial charge on any atom is 0.124 e. The van der Waals surface area contributed by atoms with Gasteiger partial charge in [-0.15, -0.1) is 0 Å². The van der Waals surface area contributed by atoms with Crippen LogP contribution in [0.5, 0.6) is 11.5 Å². The molecule has 1 heterocycles. The van der Waals surface area contributed by atoms with Crippen molar-refractivity contribution in [2.75, 3.05) is 13.2 Å². The van der Waals surface area contributed by atoms with Gasteiger partial charge in [0.25, 0.3) is 0 Å². The highest BCUT2D eigenvalue weighted by molar-refractivity contribution is 5.43. The summed E-state index contributed by atoms with van der Waals surface area (Å²) in [4.78, 5) is 0. The Morgan fingerprint density at radius 2 is 1.84 bits per heavy atom. The Kier molecular flexibility index (Phi) is 8.10. The second kappa shape index (κ2) is 11.2. The molecule has 2 aromatic rings. The van der Waals surface area contributed by atoms with Gasteiger partial charge < -0.3 is 19.5 Å². The fourth-order valence-electron chi connectivity index (χ4n) is 4.88. The van der Waals surface area contributed by atoms with Gasteiger partial charge in [0, 0.05) is 12.6 Å². The summed E-state index contributed by atoms with van der Waals surface area (Å²) in [6.45, 7) is 8.23. The highest BCUT2D eigenvalue weighted by Crippen LogP contribution is 2.38. The summed E-state index contributed by atoms with van der Waals surface area (Å²) < 4.78 is 18.3. The van der Waals surface area contributed by atoms with Gasteiger partial charge >= 0.3 is 0 Å². The molecule has 1 N–H and O–H groups in total. The third-order valence-corrected chi connectivity index (χ3v) is 6.69. The van der Waals surface area contributed by atoms with Crippen molar-refractivity contribution in [1.82, 2.24) is 5.32 Å². The number of rotatable bonds is 9. The van der Waals surface area contributed by atoms with Gasteiger partial charge in [-0.3, -0.25) is 0 Å². The quantitative estimate of drug-likeness (QED) is 0.477. The Morgan fingerprint density at radius 3 is 2.62 bits per heavy atom. The monoisotopic (exact) mass is 437 g/mol. The fourth-order valence-corrected chi connectivity index (χ4v) is 4.88. The van der Waals surface area contributed by atoms with Crippen LogP contribution in [0.3, 0.4) is 0 Å². The molecular weight excluding hydrogens is 398 g/mol. The van der Waals surface area contributed by atoms with Crippen molar-refractivity contribution >= 4 is 0 Å². The van der Waals surface area contributed by atoms with Crippen LogP contribution in [0.4, 0.5) is 0 Å². The van der Waals surface area contributed by atoms with Gasteiger partial charge in [-0.05, 0) is 107 Å². The first-order valence-electron chi connectivity index (χ1n) is 12.4. The molecule has 2 aromatic carbocycles. The molecule has 1 unspecified atom stereocenters. The molecule has 0 radical (unpaired) electrons. The Labute approximate surface area is 193 Å². The average Bonchev–Trinajstić information content (AvgIpc) is 2.80. The van der Waals surface area contributed by atoms with Crippen LogP contribution in [0, 0.1) is 6.92 Å². The number of benzene rings is 2. The zero-order chi connectivity index (χ0) is 22.3. The second-order valence-electron chi connectivity index (χ2n) is 9.59. The average molecular weight is 438 g/mol. The van der Waals surface area contributed by atoms with E-state index >= 15 is 0 Å². The summed E-state index contributed by atoms with van der Waals surface area (Å²) in [6, 6.07) is 15.5. The van der Waals surface area contributed by atoms with Crippen LogP contribution < -0.4 is 14.8 Å². The molecule has 1 atom stereocenters. The molecule has 1 aliphatic heterocycles. The molecule has 1 saturated carbocycles. The van der Waals surface area contributed by atoms with Gasteiger partial charge in [0.05, 0.1) is 12.2 Å². The van der Waals surface area contributed by atoms with Crippen LogP contribution in [-0.2, 0) is 11.2 Å². The van der Waals surface area contributed by atoms with Gasteiger partial charge in [0.15, 0.2) is 0 Å². The summed E-state index contributed by atoms with van der Waals surface area (Å²) in [7, 11) is 0. The standard InChI is InChI=1S/C28H39NO3/c1-20(2)30-18-6-17-29-23-10-12-24(13-11-23)31-25-14-16-27-22(19-25)9-15-28(32-27)26-8-5-4-7-21(26)3/h4-5,7-8,14,16,19-20,23-24,28-29H,6,9-13,15,17-18H2,1-3H3. The highest BCUT2D eigenvalue weighted by atomic mass is 16.5. The summed E-state index contributed by atoms with van der Waals surface area (Å²) in [5.74, 6) is 2.00. The number of ether oxygens (including phenoxy) is 3. The summed E-state index contributed by atoms with van der Waals surface area (Å²) in [5, 5.41) is 3.69. The SMILES string of the molecule is Cc1ccccc1C1CCc2cc(OC3CCC(NCCCOC(C)C)CC3)ccc2O1. The zero-order valence-corrected chi connectivity index (χ0v) is 19.9. The molecule has 0 spiro atoms. The molecule has 4 nitrogen and oxygen atoms in total. The molecule has 174 valence electrons. The predicted molar refractivity (Wildman–Crippen MR) is 130 cm³/mol. The van der Waals surface area contributed by atoms with Crippen LogP contribution in [0.25, 0.3) is 0 Å². The number of hydrogen-bond acceptors (Lipinski definition) is 4. The van der Waals surface area contributed by atoms with Crippen molar-refractivity contribution in [3.63, 3.8) is 0 Å². The fraction of sp³-hybridized carbons (Fsp3) is 0.571. The first-order chi connectivity index (χ1) is 15.6. The Morgan fingerprint density at radius 1 is 1.03 bits per heavy atom. The lowest BCUT2D eigenvalue weighted by Gasteiger charge is -2.31. The molecule has 0 aromatic heterocycles. The lowest BCUT2D eigenvalue weighted by Crippen LogP contribution is -2.37. The van der Waals surface area contributed by atoms with Crippen molar-refractivity contribution in [1.29, 1.82) is 0 Å². The van der Waals surface area contributed by atoms with Gasteiger partial charge in [-0.25, -0.2) is 0 Å². The zero-order valence-electron chi connectivity index (χ0n) is 19.9. The van der Waals surface area contributed by atoms with Crippen LogP contribution in [0.15, 0.2) is 42.5 Å². The van der Waals surface area contributed by atoms with E-state index in [9.17, 15) is 0 Å². The van der Waals surface area contributed by atoms with Crippen molar-refractivity contribution in [3.05, 3.63) is 59.2 Å². The van der Waals surface area contributed by atoms with E-state index in [1.165, 1.54) is 29.5 Å². The normalized spacial score (nSPS) is 22.9. The first-order valence-corrected chi connectivity index (χ1v) is 12.4. The van der Waals surface area contributed by atoms with E-state index in [1.807, 2.05) is 0 Å².